The molecule has 0 N–H and O–H groups in total. The highest BCUT2D eigenvalue weighted by molar-refractivity contribution is 6.52. The topological polar surface area (TPSA) is 37.4 Å². The van der Waals surface area contributed by atoms with Crippen LogP contribution >= 0.6 is 0 Å². The molecule has 0 unspecified atom stereocenters. The molecule has 1 aliphatic rings. The normalized spacial score (nSPS) is 19.5. The zero-order valence-electron chi connectivity index (χ0n) is 10.00. The maximum Gasteiger partial charge on any atom is 0.299 e. The fourth-order valence-corrected chi connectivity index (χ4v) is 1.35. The lowest BCUT2D eigenvalue weighted by atomic mass is 10.1. The molecular weight excluding hydrogens is 166 g/mol. The summed E-state index contributed by atoms with van der Waals surface area (Å²) in [4.78, 5) is 23.7. The fourth-order valence-electron chi connectivity index (χ4n) is 1.35. The second-order valence-electron chi connectivity index (χ2n) is 2.99. The van der Waals surface area contributed by atoms with Crippen LogP contribution in [0.4, 0.5) is 5.69 Å². The van der Waals surface area contributed by atoms with Crippen LogP contribution in [0.5, 0.6) is 0 Å². The number of likely N-dealkylation sites (N-methyl/N-ethyl adjacent to an activating group) is 1. The Balaban J connectivity index is 2.64. The highest BCUT2D eigenvalue weighted by atomic mass is 16.2. The van der Waals surface area contributed by atoms with Gasteiger partial charge in [0.05, 0.1) is 11.3 Å². The number of rotatable bonds is 0. The minimum absolute atomic E-state index is 0.167. The summed E-state index contributed by atoms with van der Waals surface area (Å²) in [6.07, 6.45) is 0. The average Bonchev–Trinajstić information content (AvgIpc) is 2.40. The predicted octanol–water partition coefficient (Wildman–Crippen LogP) is 1.15. The number of hydrogen-bond donors (Lipinski definition) is 0. The zero-order chi connectivity index (χ0) is 12.1. The van der Waals surface area contributed by atoms with Crippen molar-refractivity contribution >= 4 is 17.4 Å². The van der Waals surface area contributed by atoms with Gasteiger partial charge in [-0.2, -0.15) is 0 Å². The maximum atomic E-state index is 11.6. The Kier molecular flexibility index (Phi) is 0.963. The molecule has 1 aliphatic heterocycles. The lowest BCUT2D eigenvalue weighted by Gasteiger charge is -2.07. The number of Topliss-reactive ketones (excluding diaryl/α,β-unsaturated/α-hetero) is 1. The first-order valence-corrected chi connectivity index (χ1v) is 3.82. The van der Waals surface area contributed by atoms with Crippen LogP contribution in [-0.2, 0) is 4.79 Å². The van der Waals surface area contributed by atoms with E-state index in [0.29, 0.717) is 4.90 Å². The minimum atomic E-state index is -2.62. The van der Waals surface area contributed by atoms with Crippen molar-refractivity contribution in [2.45, 2.75) is 6.92 Å². The Morgan fingerprint density at radius 2 is 2.15 bits per heavy atom. The molecule has 0 saturated carbocycles. The van der Waals surface area contributed by atoms with Gasteiger partial charge in [0, 0.05) is 11.1 Å². The number of fused-ring (bicyclic) bond motifs is 1. The van der Waals surface area contributed by atoms with Crippen molar-refractivity contribution in [3.63, 3.8) is 0 Å². The van der Waals surface area contributed by atoms with E-state index in [1.165, 1.54) is 12.1 Å². The second-order valence-corrected chi connectivity index (χ2v) is 2.99. The highest BCUT2D eigenvalue weighted by Gasteiger charge is 2.32. The first kappa shape index (κ1) is 5.17. The van der Waals surface area contributed by atoms with Crippen molar-refractivity contribution < 1.29 is 13.7 Å². The van der Waals surface area contributed by atoms with Crippen molar-refractivity contribution in [2.75, 3.05) is 11.9 Å². The average molecular weight is 178 g/mol. The molecule has 2 rings (SSSR count). The van der Waals surface area contributed by atoms with E-state index in [-0.39, 0.29) is 11.3 Å². The first-order valence-electron chi connectivity index (χ1n) is 5.32. The lowest BCUT2D eigenvalue weighted by Crippen LogP contribution is -2.24. The summed E-state index contributed by atoms with van der Waals surface area (Å²) in [5, 5.41) is 0. The van der Waals surface area contributed by atoms with Crippen LogP contribution in [0.3, 0.4) is 0 Å². The number of anilines is 1. The molecule has 0 fully saturated rings. The fraction of sp³-hybridized carbons (Fsp3) is 0.200. The van der Waals surface area contributed by atoms with Crippen LogP contribution < -0.4 is 4.90 Å². The Labute approximate surface area is 80.2 Å². The molecule has 13 heavy (non-hydrogen) atoms. The van der Waals surface area contributed by atoms with E-state index in [4.69, 9.17) is 4.11 Å². The Morgan fingerprint density at radius 3 is 2.85 bits per heavy atom. The van der Waals surface area contributed by atoms with Gasteiger partial charge >= 0.3 is 0 Å². The number of benzene rings is 1. The molecule has 1 aromatic carbocycles. The Bertz CT molecular complexity index is 493. The van der Waals surface area contributed by atoms with E-state index in [2.05, 4.69) is 0 Å². The van der Waals surface area contributed by atoms with Crippen molar-refractivity contribution in [1.82, 2.24) is 0 Å². The standard InChI is InChI=1S/C10H9NO2/c1-6-3-4-8-7(5-6)9(12)10(13)11(8)2/h3-5H,1-2H3/i2D3. The number of ketones is 1. The smallest absolute Gasteiger partial charge is 0.299 e. The largest absolute Gasteiger partial charge is 0.308 e. The summed E-state index contributed by atoms with van der Waals surface area (Å²) in [6, 6.07) is 4.69. The third kappa shape index (κ3) is 0.967. The number of nitrogens with zero attached hydrogens (tertiary/aromatic N) is 1. The summed E-state index contributed by atoms with van der Waals surface area (Å²) in [7, 11) is 0. The molecule has 0 radical (unpaired) electrons. The number of amides is 1. The molecule has 0 aliphatic carbocycles. The van der Waals surface area contributed by atoms with Gasteiger partial charge in [0.1, 0.15) is 0 Å². The molecule has 0 bridgehead atoms. The van der Waals surface area contributed by atoms with Gasteiger partial charge in [-0.05, 0) is 19.1 Å². The monoisotopic (exact) mass is 178 g/mol. The molecule has 1 aromatic rings. The first-order chi connectivity index (χ1) is 7.32. The van der Waals surface area contributed by atoms with Gasteiger partial charge in [-0.25, -0.2) is 0 Å². The molecule has 66 valence electrons. The molecule has 1 amide bonds. The molecule has 1 heterocycles. The summed E-state index contributed by atoms with van der Waals surface area (Å²) in [6.45, 7) is -0.844. The van der Waals surface area contributed by atoms with Gasteiger partial charge in [0.2, 0.25) is 0 Å². The van der Waals surface area contributed by atoms with Gasteiger partial charge in [-0.15, -0.1) is 0 Å². The molecule has 0 atom stereocenters. The third-order valence-electron chi connectivity index (χ3n) is 2.03. The van der Waals surface area contributed by atoms with Crippen molar-refractivity contribution in [3.05, 3.63) is 29.3 Å². The zero-order valence-corrected chi connectivity index (χ0v) is 7.00. The van der Waals surface area contributed by atoms with Crippen LogP contribution in [0.1, 0.15) is 20.0 Å². The molecule has 3 nitrogen and oxygen atoms in total. The van der Waals surface area contributed by atoms with E-state index in [9.17, 15) is 9.59 Å². The van der Waals surface area contributed by atoms with Gasteiger partial charge in [-0.3, -0.25) is 9.59 Å². The quantitative estimate of drug-likeness (QED) is 0.559. The van der Waals surface area contributed by atoms with Crippen LogP contribution in [-0.4, -0.2) is 18.7 Å². The van der Waals surface area contributed by atoms with Crippen LogP contribution in [0.25, 0.3) is 0 Å². The summed E-state index contributed by atoms with van der Waals surface area (Å²) in [5.74, 6) is -1.74. The lowest BCUT2D eigenvalue weighted by molar-refractivity contribution is -0.114. The number of carbonyl (C=O) groups is 2. The van der Waals surface area contributed by atoms with E-state index < -0.39 is 18.7 Å². The van der Waals surface area contributed by atoms with E-state index in [0.717, 1.165) is 5.56 Å². The Hall–Kier alpha value is -1.64. The van der Waals surface area contributed by atoms with Crippen LogP contribution in [0.15, 0.2) is 18.2 Å². The third-order valence-corrected chi connectivity index (χ3v) is 2.03. The van der Waals surface area contributed by atoms with Crippen molar-refractivity contribution in [2.24, 2.45) is 0 Å². The van der Waals surface area contributed by atoms with E-state index in [1.807, 2.05) is 0 Å². The van der Waals surface area contributed by atoms with Crippen LogP contribution in [0.2, 0.25) is 0 Å². The summed E-state index contributed by atoms with van der Waals surface area (Å²) < 4.78 is 21.7. The molecular formula is C10H9NO2. The van der Waals surface area contributed by atoms with Gasteiger partial charge in [0.25, 0.3) is 11.7 Å². The summed E-state index contributed by atoms with van der Waals surface area (Å²) >= 11 is 0. The minimum Gasteiger partial charge on any atom is -0.308 e. The molecule has 3 heteroatoms. The van der Waals surface area contributed by atoms with E-state index >= 15 is 0 Å². The summed E-state index contributed by atoms with van der Waals surface area (Å²) in [5.41, 5.74) is 1.15. The molecule has 0 saturated heterocycles. The van der Waals surface area contributed by atoms with Gasteiger partial charge in [-0.1, -0.05) is 11.6 Å². The predicted molar refractivity (Wildman–Crippen MR) is 48.9 cm³/mol. The van der Waals surface area contributed by atoms with Gasteiger partial charge in [0.15, 0.2) is 0 Å². The SMILES string of the molecule is [2H]C([2H])([2H])N1C(=O)C(=O)c2cc(C)ccc21. The van der Waals surface area contributed by atoms with Crippen LogP contribution in [0, 0.1) is 6.92 Å². The van der Waals surface area contributed by atoms with Gasteiger partial charge < -0.3 is 4.90 Å². The molecule has 0 spiro atoms. The second kappa shape index (κ2) is 2.42. The molecule has 0 aromatic heterocycles. The number of hydrogen-bond acceptors (Lipinski definition) is 2. The Morgan fingerprint density at radius 1 is 1.38 bits per heavy atom. The maximum absolute atomic E-state index is 11.6. The van der Waals surface area contributed by atoms with E-state index in [1.54, 1.807) is 13.0 Å². The number of aryl methyl sites for hydroxylation is 1. The number of carbonyl (C=O) groups excluding carboxylic acids is 2. The van der Waals surface area contributed by atoms with Crippen molar-refractivity contribution in [3.8, 4) is 0 Å². The van der Waals surface area contributed by atoms with Crippen molar-refractivity contribution in [1.29, 1.82) is 0 Å². The highest BCUT2D eigenvalue weighted by Crippen LogP contribution is 2.27.